The van der Waals surface area contributed by atoms with Gasteiger partial charge in [0, 0.05) is 0 Å². The molecule has 0 unspecified atom stereocenters. The molecule has 0 aliphatic rings. The summed E-state index contributed by atoms with van der Waals surface area (Å²) in [5, 5.41) is 0. The summed E-state index contributed by atoms with van der Waals surface area (Å²) < 4.78 is 1.42. The summed E-state index contributed by atoms with van der Waals surface area (Å²) in [5.41, 5.74) is 0. The molecule has 0 aromatic heterocycles. The van der Waals surface area contributed by atoms with Crippen LogP contribution in [0.1, 0.15) is 19.8 Å². The summed E-state index contributed by atoms with van der Waals surface area (Å²) in [6.07, 6.45) is 2.73. The van der Waals surface area contributed by atoms with Crippen LogP contribution in [0.3, 0.4) is 0 Å². The fourth-order valence-electron chi connectivity index (χ4n) is 0.287. The van der Waals surface area contributed by atoms with Gasteiger partial charge in [-0.2, -0.15) is 0 Å². The molecular weight excluding hydrogens is 199 g/mol. The Balaban J connectivity index is 2.49. The molecule has 0 aliphatic carbocycles. The number of hydrogen-bond acceptors (Lipinski definition) is 1. The van der Waals surface area contributed by atoms with Crippen LogP contribution < -0.4 is 0 Å². The summed E-state index contributed by atoms with van der Waals surface area (Å²) in [6.45, 7) is 2.22. The Bertz CT molecular complexity index is 36.5. The zero-order valence-electron chi connectivity index (χ0n) is 4.11. The van der Waals surface area contributed by atoms with Gasteiger partial charge >= 0.3 is 52.7 Å². The van der Waals surface area contributed by atoms with Crippen LogP contribution in [0.15, 0.2) is 0 Å². The molecule has 0 heterocycles. The van der Waals surface area contributed by atoms with Gasteiger partial charge in [0.15, 0.2) is 0 Å². The fraction of sp³-hybridized carbons (Fsp3) is 1.00. The first kappa shape index (κ1) is 7.02. The van der Waals surface area contributed by atoms with Crippen molar-refractivity contribution in [2.45, 2.75) is 24.2 Å². The quantitative estimate of drug-likeness (QED) is 0.503. The molecule has 0 atom stereocenters. The Morgan fingerprint density at radius 2 is 2.33 bits per heavy atom. The van der Waals surface area contributed by atoms with Crippen molar-refractivity contribution in [1.29, 1.82) is 0 Å². The van der Waals surface area contributed by atoms with Gasteiger partial charge in [-0.25, -0.2) is 0 Å². The van der Waals surface area contributed by atoms with E-state index in [1.807, 2.05) is 0 Å². The molecule has 0 radical (unpaired) electrons. The van der Waals surface area contributed by atoms with Crippen LogP contribution in [-0.2, 0) is 0 Å². The third-order valence-electron chi connectivity index (χ3n) is 0.676. The van der Waals surface area contributed by atoms with Crippen molar-refractivity contribution >= 4 is 28.5 Å². The van der Waals surface area contributed by atoms with Gasteiger partial charge in [0.25, 0.3) is 0 Å². The van der Waals surface area contributed by atoms with Crippen LogP contribution in [0.25, 0.3) is 0 Å². The van der Waals surface area contributed by atoms with E-state index in [2.05, 4.69) is 6.92 Å². The van der Waals surface area contributed by atoms with Crippen LogP contribution in [0, 0.1) is 0 Å². The van der Waals surface area contributed by atoms with Gasteiger partial charge in [0.05, 0.1) is 0 Å². The van der Waals surface area contributed by atoms with E-state index in [1.54, 1.807) is 0 Å². The van der Waals surface area contributed by atoms with E-state index in [4.69, 9.17) is 9.29 Å². The molecule has 0 spiro atoms. The summed E-state index contributed by atoms with van der Waals surface area (Å²) in [7, 11) is 4.91. The summed E-state index contributed by atoms with van der Waals surface area (Å²) in [5.74, 6) is 0. The van der Waals surface area contributed by atoms with Crippen molar-refractivity contribution in [3.05, 3.63) is 0 Å². The number of unbranched alkanes of at least 4 members (excludes halogenated alkanes) is 1. The molecule has 0 aromatic rings. The van der Waals surface area contributed by atoms with Gasteiger partial charge in [-0.1, -0.05) is 0 Å². The normalized spacial score (nSPS) is 8.17. The summed E-state index contributed by atoms with van der Waals surface area (Å²) in [6, 6.07) is 0. The molecular formula is C4H10SSn. The first-order valence-corrected chi connectivity index (χ1v) is 9.19. The van der Waals surface area contributed by atoms with Gasteiger partial charge in [-0.15, -0.1) is 0 Å². The molecule has 0 nitrogen and oxygen atoms in total. The second-order valence-corrected chi connectivity index (χ2v) is 6.14. The molecule has 0 aromatic carbocycles. The van der Waals surface area contributed by atoms with E-state index >= 15 is 0 Å². The zero-order chi connectivity index (χ0) is 4.83. The standard InChI is InChI=1S/C4H9.S.Sn.H/c1-3-4-2;;;/h1,3-4H2,2H3;;;. The van der Waals surface area contributed by atoms with E-state index in [-0.39, 0.29) is 19.2 Å². The molecule has 0 rings (SSSR count). The Labute approximate surface area is 52.7 Å². The van der Waals surface area contributed by atoms with Crippen LogP contribution in [0.4, 0.5) is 0 Å². The molecule has 0 bridgehead atoms. The average molecular weight is 209 g/mol. The molecule has 0 amide bonds. The molecule has 36 valence electrons. The number of rotatable bonds is 3. The molecule has 2 heteroatoms. The summed E-state index contributed by atoms with van der Waals surface area (Å²) in [4.78, 5) is 0. The topological polar surface area (TPSA) is 0 Å². The van der Waals surface area contributed by atoms with E-state index < -0.39 is 0 Å². The third-order valence-corrected chi connectivity index (χ3v) is 4.09. The van der Waals surface area contributed by atoms with Crippen molar-refractivity contribution in [3.8, 4) is 0 Å². The van der Waals surface area contributed by atoms with Crippen molar-refractivity contribution in [3.63, 3.8) is 0 Å². The van der Waals surface area contributed by atoms with E-state index in [9.17, 15) is 0 Å². The molecule has 0 aliphatic heterocycles. The monoisotopic (exact) mass is 210 g/mol. The van der Waals surface area contributed by atoms with E-state index in [1.165, 1.54) is 17.3 Å². The van der Waals surface area contributed by atoms with Gasteiger partial charge in [-0.3, -0.25) is 0 Å². The third kappa shape index (κ3) is 5.02. The minimum absolute atomic E-state index is 0.364. The predicted molar refractivity (Wildman–Crippen MR) is 34.5 cm³/mol. The Kier molecular flexibility index (Phi) is 7.04. The van der Waals surface area contributed by atoms with Gasteiger partial charge < -0.3 is 0 Å². The Hall–Kier alpha value is 1.02. The minimum atomic E-state index is -0.364. The molecule has 0 fully saturated rings. The van der Waals surface area contributed by atoms with Crippen LogP contribution in [-0.4, -0.2) is 19.2 Å². The second kappa shape index (κ2) is 6.02. The SMILES string of the molecule is CCC[CH2][SnH]=[S]. The molecule has 0 saturated carbocycles. The molecule has 0 saturated heterocycles. The van der Waals surface area contributed by atoms with Crippen molar-refractivity contribution in [2.24, 2.45) is 0 Å². The first-order chi connectivity index (χ1) is 2.91. The van der Waals surface area contributed by atoms with E-state index in [0.717, 1.165) is 0 Å². The number of hydrogen-bond donors (Lipinski definition) is 0. The van der Waals surface area contributed by atoms with Crippen LogP contribution >= 0.6 is 9.29 Å². The van der Waals surface area contributed by atoms with Crippen molar-refractivity contribution in [2.75, 3.05) is 0 Å². The van der Waals surface area contributed by atoms with Gasteiger partial charge in [0.1, 0.15) is 0 Å². The van der Waals surface area contributed by atoms with Gasteiger partial charge in [0.2, 0.25) is 0 Å². The van der Waals surface area contributed by atoms with Crippen molar-refractivity contribution < 1.29 is 0 Å². The second-order valence-electron chi connectivity index (χ2n) is 1.31. The predicted octanol–water partition coefficient (Wildman–Crippen LogP) is 1.75. The Morgan fingerprint density at radius 1 is 1.67 bits per heavy atom. The van der Waals surface area contributed by atoms with E-state index in [0.29, 0.717) is 0 Å². The maximum absolute atomic E-state index is 4.91. The molecule has 0 N–H and O–H groups in total. The maximum atomic E-state index is 4.91. The van der Waals surface area contributed by atoms with Crippen molar-refractivity contribution in [1.82, 2.24) is 0 Å². The van der Waals surface area contributed by atoms with Crippen LogP contribution in [0.2, 0.25) is 4.44 Å². The zero-order valence-corrected chi connectivity index (χ0v) is 8.22. The van der Waals surface area contributed by atoms with Gasteiger partial charge in [-0.05, 0) is 0 Å². The Morgan fingerprint density at radius 3 is 2.50 bits per heavy atom. The van der Waals surface area contributed by atoms with Crippen LogP contribution in [0.5, 0.6) is 0 Å². The first-order valence-electron chi connectivity index (χ1n) is 2.35. The fourth-order valence-corrected chi connectivity index (χ4v) is 3.05. The summed E-state index contributed by atoms with van der Waals surface area (Å²) >= 11 is -0.364. The molecule has 6 heavy (non-hydrogen) atoms. The average Bonchev–Trinajstić information content (AvgIpc) is 1.61.